The molecular weight excluding hydrogens is 394 g/mol. The Bertz CT molecular complexity index is 1000. The molecule has 0 saturated carbocycles. The second-order valence-corrected chi connectivity index (χ2v) is 8.00. The Morgan fingerprint density at radius 2 is 1.43 bits per heavy atom. The van der Waals surface area contributed by atoms with Crippen molar-refractivity contribution in [3.63, 3.8) is 0 Å². The van der Waals surface area contributed by atoms with Crippen LogP contribution in [-0.4, -0.2) is 40.0 Å². The summed E-state index contributed by atoms with van der Waals surface area (Å²) in [4.78, 5) is 23.6. The minimum atomic E-state index is -0.975. The molecule has 5 rings (SSSR count). The summed E-state index contributed by atoms with van der Waals surface area (Å²) in [5.74, 6) is 0. The van der Waals surface area contributed by atoms with E-state index < -0.39 is 33.5 Å². The lowest BCUT2D eigenvalue weighted by Gasteiger charge is -2.32. The molecule has 2 aromatic carbocycles. The van der Waals surface area contributed by atoms with Gasteiger partial charge < -0.3 is 14.2 Å². The van der Waals surface area contributed by atoms with Crippen molar-refractivity contribution in [2.75, 3.05) is 6.61 Å². The maximum atomic E-state index is 11.3. The van der Waals surface area contributed by atoms with E-state index in [4.69, 9.17) is 14.2 Å². The van der Waals surface area contributed by atoms with E-state index in [0.29, 0.717) is 17.7 Å². The molecule has 0 aromatic heterocycles. The van der Waals surface area contributed by atoms with Crippen LogP contribution >= 0.6 is 0 Å². The fourth-order valence-corrected chi connectivity index (χ4v) is 4.68. The van der Waals surface area contributed by atoms with Crippen LogP contribution in [0.5, 0.6) is 0 Å². The van der Waals surface area contributed by atoms with Crippen molar-refractivity contribution in [2.45, 2.75) is 43.7 Å². The number of hydrogen-bond donors (Lipinski definition) is 0. The summed E-state index contributed by atoms with van der Waals surface area (Å²) >= 11 is 0. The SMILES string of the molecule is C[C@@]1(c2cccc([N+](=O)[O-])c2)O[C@@H]2N3[C@H](CO[C@H]31)O[C@]2(C)c1cccc([N+](=O)[O-])c1. The van der Waals surface area contributed by atoms with E-state index in [9.17, 15) is 20.2 Å². The van der Waals surface area contributed by atoms with Gasteiger partial charge in [-0.25, -0.2) is 4.90 Å². The van der Waals surface area contributed by atoms with Gasteiger partial charge in [-0.3, -0.25) is 20.2 Å². The van der Waals surface area contributed by atoms with Crippen LogP contribution in [0.25, 0.3) is 0 Å². The number of ether oxygens (including phenoxy) is 3. The standard InChI is InChI=1S/C20H19N3O7/c1-19(12-5-3-7-14(9-12)22(24)25)17-21-16(11-28-17)29-20(2,18(21)30-19)13-6-4-8-15(10-13)23(26)27/h3-10,16-18H,11H2,1-2H3/t16-,17-,18-,19-,20+/m0/s1. The zero-order chi connectivity index (χ0) is 21.3. The van der Waals surface area contributed by atoms with Gasteiger partial charge in [0.25, 0.3) is 11.4 Å². The van der Waals surface area contributed by atoms with Crippen LogP contribution in [0.4, 0.5) is 11.4 Å². The first-order valence-electron chi connectivity index (χ1n) is 9.48. The molecule has 0 unspecified atom stereocenters. The van der Waals surface area contributed by atoms with Crippen molar-refractivity contribution in [2.24, 2.45) is 0 Å². The van der Waals surface area contributed by atoms with Crippen LogP contribution in [0.2, 0.25) is 0 Å². The first-order valence-corrected chi connectivity index (χ1v) is 9.48. The average molecular weight is 413 g/mol. The minimum absolute atomic E-state index is 0.0309. The number of benzene rings is 2. The minimum Gasteiger partial charge on any atom is -0.355 e. The number of non-ortho nitro benzene ring substituents is 2. The Kier molecular flexibility index (Phi) is 4.00. The molecule has 5 atom stereocenters. The van der Waals surface area contributed by atoms with Gasteiger partial charge in [-0.15, -0.1) is 0 Å². The molecule has 0 aliphatic carbocycles. The van der Waals surface area contributed by atoms with Gasteiger partial charge in [-0.05, 0) is 25.0 Å². The summed E-state index contributed by atoms with van der Waals surface area (Å²) in [7, 11) is 0. The Balaban J connectivity index is 1.56. The van der Waals surface area contributed by atoms with Crippen molar-refractivity contribution >= 4 is 11.4 Å². The molecule has 10 nitrogen and oxygen atoms in total. The van der Waals surface area contributed by atoms with Crippen LogP contribution in [0.15, 0.2) is 48.5 Å². The maximum absolute atomic E-state index is 11.3. The molecule has 3 aliphatic rings. The highest BCUT2D eigenvalue weighted by Crippen LogP contribution is 2.56. The quantitative estimate of drug-likeness (QED) is 0.555. The molecule has 30 heavy (non-hydrogen) atoms. The molecule has 2 aromatic rings. The number of nitro benzene ring substituents is 2. The molecule has 0 radical (unpaired) electrons. The largest absolute Gasteiger partial charge is 0.355 e. The van der Waals surface area contributed by atoms with Gasteiger partial charge in [0.05, 0.1) is 16.5 Å². The molecule has 3 saturated heterocycles. The second-order valence-electron chi connectivity index (χ2n) is 8.00. The predicted octanol–water partition coefficient (Wildman–Crippen LogP) is 3.00. The molecule has 10 heteroatoms. The summed E-state index contributed by atoms with van der Waals surface area (Å²) in [6.07, 6.45) is -1.47. The molecular formula is C20H19N3O7. The zero-order valence-corrected chi connectivity index (χ0v) is 16.3. The van der Waals surface area contributed by atoms with Gasteiger partial charge >= 0.3 is 0 Å². The maximum Gasteiger partial charge on any atom is 0.269 e. The highest BCUT2D eigenvalue weighted by Gasteiger charge is 2.68. The van der Waals surface area contributed by atoms with Crippen molar-refractivity contribution in [1.29, 1.82) is 0 Å². The van der Waals surface area contributed by atoms with Crippen LogP contribution in [0, 0.1) is 20.2 Å². The van der Waals surface area contributed by atoms with Gasteiger partial charge in [0.2, 0.25) is 0 Å². The highest BCUT2D eigenvalue weighted by molar-refractivity contribution is 5.41. The second kappa shape index (κ2) is 6.29. The van der Waals surface area contributed by atoms with Crippen molar-refractivity contribution in [1.82, 2.24) is 4.90 Å². The van der Waals surface area contributed by atoms with E-state index in [1.165, 1.54) is 24.3 Å². The summed E-state index contributed by atoms with van der Waals surface area (Å²) in [6, 6.07) is 12.6. The first kappa shape index (κ1) is 19.1. The smallest absolute Gasteiger partial charge is 0.269 e. The molecule has 3 aliphatic heterocycles. The molecule has 0 amide bonds. The summed E-state index contributed by atoms with van der Waals surface area (Å²) in [5.41, 5.74) is -0.765. The Labute approximate surface area is 171 Å². The molecule has 0 bridgehead atoms. The summed E-state index contributed by atoms with van der Waals surface area (Å²) in [5, 5.41) is 22.5. The van der Waals surface area contributed by atoms with Gasteiger partial charge in [0.1, 0.15) is 29.9 Å². The molecule has 3 heterocycles. The predicted molar refractivity (Wildman–Crippen MR) is 102 cm³/mol. The summed E-state index contributed by atoms with van der Waals surface area (Å²) < 4.78 is 18.7. The van der Waals surface area contributed by atoms with Crippen LogP contribution in [-0.2, 0) is 25.4 Å². The fraction of sp³-hybridized carbons (Fsp3) is 0.400. The van der Waals surface area contributed by atoms with Gasteiger partial charge in [-0.2, -0.15) is 0 Å². The lowest BCUT2D eigenvalue weighted by Crippen LogP contribution is -2.40. The van der Waals surface area contributed by atoms with Crippen molar-refractivity contribution in [3.8, 4) is 0 Å². The Morgan fingerprint density at radius 1 is 0.900 bits per heavy atom. The Hall–Kier alpha value is -2.92. The van der Waals surface area contributed by atoms with Gasteiger partial charge in [0.15, 0.2) is 0 Å². The molecule has 3 fully saturated rings. The molecule has 156 valence electrons. The lowest BCUT2D eigenvalue weighted by molar-refractivity contribution is -0.385. The van der Waals surface area contributed by atoms with Gasteiger partial charge in [-0.1, -0.05) is 24.3 Å². The van der Waals surface area contributed by atoms with Crippen LogP contribution in [0.1, 0.15) is 25.0 Å². The zero-order valence-electron chi connectivity index (χ0n) is 16.3. The first-order chi connectivity index (χ1) is 14.2. The van der Waals surface area contributed by atoms with E-state index >= 15 is 0 Å². The lowest BCUT2D eigenvalue weighted by atomic mass is 9.93. The topological polar surface area (TPSA) is 117 Å². The van der Waals surface area contributed by atoms with E-state index in [-0.39, 0.29) is 17.6 Å². The third-order valence-corrected chi connectivity index (χ3v) is 6.21. The fourth-order valence-electron chi connectivity index (χ4n) is 4.68. The monoisotopic (exact) mass is 413 g/mol. The van der Waals surface area contributed by atoms with Crippen molar-refractivity contribution < 1.29 is 24.1 Å². The average Bonchev–Trinajstić information content (AvgIpc) is 3.37. The number of hydrogen-bond acceptors (Lipinski definition) is 8. The number of nitro groups is 2. The van der Waals surface area contributed by atoms with E-state index in [2.05, 4.69) is 0 Å². The van der Waals surface area contributed by atoms with Crippen LogP contribution < -0.4 is 0 Å². The van der Waals surface area contributed by atoms with Gasteiger partial charge in [0, 0.05) is 24.3 Å². The molecule has 0 N–H and O–H groups in total. The highest BCUT2D eigenvalue weighted by atomic mass is 16.7. The van der Waals surface area contributed by atoms with Crippen LogP contribution in [0.3, 0.4) is 0 Å². The normalized spacial score (nSPS) is 34.8. The number of rotatable bonds is 4. The van der Waals surface area contributed by atoms with Crippen molar-refractivity contribution in [3.05, 3.63) is 79.9 Å². The number of nitrogens with zero attached hydrogens (tertiary/aromatic N) is 3. The molecule has 0 spiro atoms. The Morgan fingerprint density at radius 3 is 1.97 bits per heavy atom. The third kappa shape index (κ3) is 2.51. The van der Waals surface area contributed by atoms with E-state index in [1.807, 2.05) is 18.7 Å². The summed E-state index contributed by atoms with van der Waals surface area (Å²) in [6.45, 7) is 3.98. The third-order valence-electron chi connectivity index (χ3n) is 6.21. The van der Waals surface area contributed by atoms with E-state index in [0.717, 1.165) is 0 Å². The van der Waals surface area contributed by atoms with E-state index in [1.54, 1.807) is 24.3 Å².